The molecule has 2 N–H and O–H groups in total. The number of aromatic nitrogens is 1. The van der Waals surface area contributed by atoms with Gasteiger partial charge in [-0.05, 0) is 53.0 Å². The predicted octanol–water partition coefficient (Wildman–Crippen LogP) is 2.70. The fourth-order valence-electron chi connectivity index (χ4n) is 2.92. The minimum atomic E-state index is -0.847. The van der Waals surface area contributed by atoms with Crippen molar-refractivity contribution in [1.82, 2.24) is 9.88 Å². The van der Waals surface area contributed by atoms with E-state index in [0.717, 1.165) is 34.8 Å². The van der Waals surface area contributed by atoms with Crippen molar-refractivity contribution < 1.29 is 9.90 Å². The molecule has 3 rings (SSSR count). The van der Waals surface area contributed by atoms with E-state index in [0.29, 0.717) is 0 Å². The van der Waals surface area contributed by atoms with Gasteiger partial charge in [0.1, 0.15) is 6.04 Å². The van der Waals surface area contributed by atoms with E-state index in [1.165, 1.54) is 11.1 Å². The number of hydrogen-bond acceptors (Lipinski definition) is 2. The third kappa shape index (κ3) is 1.97. The molecular formula is C14H15BrN2O2. The maximum Gasteiger partial charge on any atom is 0.325 e. The van der Waals surface area contributed by atoms with Gasteiger partial charge in [-0.1, -0.05) is 6.07 Å². The lowest BCUT2D eigenvalue weighted by Gasteiger charge is -2.19. The average molecular weight is 323 g/mol. The molecule has 5 heteroatoms. The van der Waals surface area contributed by atoms with Gasteiger partial charge in [0.2, 0.25) is 0 Å². The number of benzene rings is 1. The Kier molecular flexibility index (Phi) is 3.11. The number of aliphatic carboxylic acids is 1. The van der Waals surface area contributed by atoms with Crippen molar-refractivity contribution in [2.24, 2.45) is 0 Å². The highest BCUT2D eigenvalue weighted by Crippen LogP contribution is 2.35. The molecule has 4 nitrogen and oxygen atoms in total. The zero-order valence-electron chi connectivity index (χ0n) is 10.6. The van der Waals surface area contributed by atoms with Gasteiger partial charge in [0.05, 0.1) is 5.52 Å². The Bertz CT molecular complexity index is 663. The first-order valence-electron chi connectivity index (χ1n) is 6.33. The fourth-order valence-corrected chi connectivity index (χ4v) is 3.47. The Labute approximate surface area is 119 Å². The molecule has 2 heterocycles. The largest absolute Gasteiger partial charge is 0.480 e. The van der Waals surface area contributed by atoms with Crippen molar-refractivity contribution in [1.29, 1.82) is 0 Å². The van der Waals surface area contributed by atoms with E-state index in [-0.39, 0.29) is 0 Å². The molecule has 0 bridgehead atoms. The molecule has 1 aromatic carbocycles. The Morgan fingerprint density at radius 1 is 1.53 bits per heavy atom. The van der Waals surface area contributed by atoms with Crippen LogP contribution < -0.4 is 5.32 Å². The van der Waals surface area contributed by atoms with E-state index >= 15 is 0 Å². The second-order valence-corrected chi connectivity index (χ2v) is 5.76. The van der Waals surface area contributed by atoms with Gasteiger partial charge in [0, 0.05) is 22.6 Å². The fraction of sp³-hybridized carbons (Fsp3) is 0.357. The lowest BCUT2D eigenvalue weighted by molar-refractivity contribution is -0.139. The number of nitrogens with zero attached hydrogens (tertiary/aromatic N) is 1. The summed E-state index contributed by atoms with van der Waals surface area (Å²) in [6, 6.07) is 3.34. The van der Waals surface area contributed by atoms with Crippen molar-refractivity contribution in [2.45, 2.75) is 25.4 Å². The predicted molar refractivity (Wildman–Crippen MR) is 77.4 cm³/mol. The first-order chi connectivity index (χ1) is 9.11. The van der Waals surface area contributed by atoms with E-state index in [1.54, 1.807) is 7.05 Å². The van der Waals surface area contributed by atoms with Crippen LogP contribution in [0.15, 0.2) is 22.8 Å². The van der Waals surface area contributed by atoms with Gasteiger partial charge in [-0.25, -0.2) is 0 Å². The number of carboxylic acids is 1. The standard InChI is InChI=1S/C14H15BrN2O2/c1-16-12(14(18)19)9-5-8-3-2-4-17-7-11(15)10(6-9)13(8)17/h5-7,12,16H,2-4H2,1H3,(H,18,19). The van der Waals surface area contributed by atoms with Gasteiger partial charge in [0.25, 0.3) is 0 Å². The highest BCUT2D eigenvalue weighted by atomic mass is 79.9. The summed E-state index contributed by atoms with van der Waals surface area (Å²) in [5, 5.41) is 13.2. The maximum atomic E-state index is 11.3. The first-order valence-corrected chi connectivity index (χ1v) is 7.12. The molecule has 0 spiro atoms. The van der Waals surface area contributed by atoms with Gasteiger partial charge in [-0.3, -0.25) is 4.79 Å². The molecule has 1 unspecified atom stereocenters. The summed E-state index contributed by atoms with van der Waals surface area (Å²) >= 11 is 3.57. The number of hydrogen-bond donors (Lipinski definition) is 2. The summed E-state index contributed by atoms with van der Waals surface area (Å²) in [5.74, 6) is -0.847. The van der Waals surface area contributed by atoms with Crippen LogP contribution in [0, 0.1) is 0 Å². The third-order valence-electron chi connectivity index (χ3n) is 3.74. The minimum Gasteiger partial charge on any atom is -0.480 e. The molecule has 0 aliphatic carbocycles. The molecule has 2 aromatic rings. The SMILES string of the molecule is CNC(C(=O)O)c1cc2c3c(c1)c(Br)cn3CCC2. The van der Waals surface area contributed by atoms with Gasteiger partial charge in [-0.2, -0.15) is 0 Å². The lowest BCUT2D eigenvalue weighted by Crippen LogP contribution is -2.25. The van der Waals surface area contributed by atoms with Crippen LogP contribution in [0.4, 0.5) is 0 Å². The number of halogens is 1. The van der Waals surface area contributed by atoms with E-state index in [1.807, 2.05) is 12.1 Å². The summed E-state index contributed by atoms with van der Waals surface area (Å²) in [6.45, 7) is 1.03. The molecule has 1 aromatic heterocycles. The highest BCUT2D eigenvalue weighted by molar-refractivity contribution is 9.10. The first kappa shape index (κ1) is 12.7. The van der Waals surface area contributed by atoms with Crippen LogP contribution in [-0.4, -0.2) is 22.7 Å². The number of carbonyl (C=O) groups is 1. The minimum absolute atomic E-state index is 0.655. The monoisotopic (exact) mass is 322 g/mol. The van der Waals surface area contributed by atoms with E-state index in [2.05, 4.69) is 32.0 Å². The van der Waals surface area contributed by atoms with Crippen LogP contribution >= 0.6 is 15.9 Å². The molecule has 0 amide bonds. The maximum absolute atomic E-state index is 11.3. The number of nitrogens with one attached hydrogen (secondary N) is 1. The van der Waals surface area contributed by atoms with Crippen molar-refractivity contribution in [3.05, 3.63) is 33.9 Å². The molecular weight excluding hydrogens is 308 g/mol. The van der Waals surface area contributed by atoms with Gasteiger partial charge < -0.3 is 15.0 Å². The van der Waals surface area contributed by atoms with Crippen molar-refractivity contribution in [2.75, 3.05) is 7.05 Å². The third-order valence-corrected chi connectivity index (χ3v) is 4.37. The van der Waals surface area contributed by atoms with Gasteiger partial charge in [-0.15, -0.1) is 0 Å². The molecule has 1 atom stereocenters. The number of carboxylic acid groups (broad SMARTS) is 1. The Hall–Kier alpha value is -1.33. The summed E-state index contributed by atoms with van der Waals surface area (Å²) in [6.07, 6.45) is 4.20. The smallest absolute Gasteiger partial charge is 0.325 e. The summed E-state index contributed by atoms with van der Waals surface area (Å²) in [4.78, 5) is 11.3. The molecule has 0 saturated heterocycles. The number of rotatable bonds is 3. The lowest BCUT2D eigenvalue weighted by atomic mass is 9.97. The van der Waals surface area contributed by atoms with Crippen LogP contribution in [0.5, 0.6) is 0 Å². The molecule has 0 fully saturated rings. The number of aryl methyl sites for hydroxylation is 2. The number of likely N-dealkylation sites (N-methyl/N-ethyl adjacent to an activating group) is 1. The van der Waals surface area contributed by atoms with Crippen molar-refractivity contribution in [3.8, 4) is 0 Å². The van der Waals surface area contributed by atoms with E-state index < -0.39 is 12.0 Å². The zero-order chi connectivity index (χ0) is 13.6. The normalized spacial score (nSPS) is 15.7. The molecule has 0 saturated carbocycles. The van der Waals surface area contributed by atoms with Crippen LogP contribution in [0.3, 0.4) is 0 Å². The topological polar surface area (TPSA) is 54.3 Å². The van der Waals surface area contributed by atoms with Gasteiger partial charge in [0.15, 0.2) is 0 Å². The van der Waals surface area contributed by atoms with Gasteiger partial charge >= 0.3 is 5.97 Å². The summed E-state index contributed by atoms with van der Waals surface area (Å²) in [7, 11) is 1.68. The highest BCUT2D eigenvalue weighted by Gasteiger charge is 2.22. The second-order valence-electron chi connectivity index (χ2n) is 4.91. The molecule has 0 radical (unpaired) electrons. The molecule has 19 heavy (non-hydrogen) atoms. The molecule has 1 aliphatic rings. The van der Waals surface area contributed by atoms with E-state index in [4.69, 9.17) is 0 Å². The Morgan fingerprint density at radius 2 is 2.32 bits per heavy atom. The summed E-state index contributed by atoms with van der Waals surface area (Å²) in [5.41, 5.74) is 3.30. The van der Waals surface area contributed by atoms with Crippen LogP contribution in [0.1, 0.15) is 23.6 Å². The van der Waals surface area contributed by atoms with E-state index in [9.17, 15) is 9.90 Å². The van der Waals surface area contributed by atoms with Crippen LogP contribution in [0.25, 0.3) is 10.9 Å². The average Bonchev–Trinajstić information content (AvgIpc) is 2.68. The van der Waals surface area contributed by atoms with Crippen molar-refractivity contribution >= 4 is 32.8 Å². The van der Waals surface area contributed by atoms with Crippen LogP contribution in [0.2, 0.25) is 0 Å². The molecule has 1 aliphatic heterocycles. The molecule has 100 valence electrons. The Morgan fingerprint density at radius 3 is 3.00 bits per heavy atom. The second kappa shape index (κ2) is 4.65. The summed E-state index contributed by atoms with van der Waals surface area (Å²) < 4.78 is 3.28. The van der Waals surface area contributed by atoms with Crippen LogP contribution in [-0.2, 0) is 17.8 Å². The quantitative estimate of drug-likeness (QED) is 0.913. The zero-order valence-corrected chi connectivity index (χ0v) is 12.2. The van der Waals surface area contributed by atoms with Crippen molar-refractivity contribution in [3.63, 3.8) is 0 Å². The Balaban J connectivity index is 2.24.